The molecule has 1 aliphatic heterocycles. The predicted molar refractivity (Wildman–Crippen MR) is 90.3 cm³/mol. The molecule has 3 rings (SSSR count). The third kappa shape index (κ3) is 3.01. The molecule has 2 aromatic rings. The lowest BCUT2D eigenvalue weighted by atomic mass is 10.1. The van der Waals surface area contributed by atoms with Gasteiger partial charge in [-0.1, -0.05) is 29.7 Å². The van der Waals surface area contributed by atoms with Gasteiger partial charge in [-0.25, -0.2) is 0 Å². The molecule has 1 saturated heterocycles. The van der Waals surface area contributed by atoms with Crippen molar-refractivity contribution < 1.29 is 14.1 Å². The fraction of sp³-hybridized carbons (Fsp3) is 0.353. The smallest absolute Gasteiger partial charge is 0.257 e. The maximum Gasteiger partial charge on any atom is 0.257 e. The number of hydrogen-bond donors (Lipinski definition) is 1. The van der Waals surface area contributed by atoms with Gasteiger partial charge in [-0.05, 0) is 38.0 Å². The first kappa shape index (κ1) is 16.5. The Labute approximate surface area is 144 Å². The van der Waals surface area contributed by atoms with Crippen LogP contribution in [0.25, 0.3) is 0 Å². The van der Waals surface area contributed by atoms with E-state index in [1.165, 1.54) is 0 Å². The van der Waals surface area contributed by atoms with Crippen LogP contribution in [0, 0.1) is 6.92 Å². The van der Waals surface area contributed by atoms with Crippen molar-refractivity contribution >= 4 is 29.1 Å². The highest BCUT2D eigenvalue weighted by Gasteiger charge is 2.34. The average Bonchev–Trinajstić information content (AvgIpc) is 3.10. The van der Waals surface area contributed by atoms with Crippen LogP contribution in [0.15, 0.2) is 28.8 Å². The second-order valence-corrected chi connectivity index (χ2v) is 6.13. The molecule has 0 spiro atoms. The zero-order valence-corrected chi connectivity index (χ0v) is 14.3. The topological polar surface area (TPSA) is 75.4 Å². The molecule has 2 amide bonds. The van der Waals surface area contributed by atoms with Gasteiger partial charge in [0.25, 0.3) is 5.91 Å². The maximum atomic E-state index is 12.6. The van der Waals surface area contributed by atoms with E-state index < -0.39 is 6.04 Å². The van der Waals surface area contributed by atoms with Crippen LogP contribution in [-0.2, 0) is 11.2 Å². The molecule has 0 bridgehead atoms. The summed E-state index contributed by atoms with van der Waals surface area (Å²) in [5.41, 5.74) is 1.76. The predicted octanol–water partition coefficient (Wildman–Crippen LogP) is 2.73. The Bertz CT molecular complexity index is 787. The van der Waals surface area contributed by atoms with Crippen molar-refractivity contribution in [2.45, 2.75) is 32.7 Å². The van der Waals surface area contributed by atoms with Crippen LogP contribution in [-0.4, -0.2) is 29.6 Å². The number of benzene rings is 1. The Morgan fingerprint density at radius 3 is 3.00 bits per heavy atom. The number of amides is 2. The largest absolute Gasteiger partial charge is 0.361 e. The van der Waals surface area contributed by atoms with Gasteiger partial charge in [-0.2, -0.15) is 0 Å². The number of aromatic nitrogens is 1. The van der Waals surface area contributed by atoms with Crippen LogP contribution in [0.2, 0.25) is 5.02 Å². The first-order chi connectivity index (χ1) is 11.5. The van der Waals surface area contributed by atoms with Gasteiger partial charge < -0.3 is 14.7 Å². The Kier molecular flexibility index (Phi) is 4.57. The van der Waals surface area contributed by atoms with E-state index >= 15 is 0 Å². The molecule has 1 aromatic carbocycles. The molecule has 1 N–H and O–H groups in total. The first-order valence-electron chi connectivity index (χ1n) is 7.84. The van der Waals surface area contributed by atoms with E-state index in [1.807, 2.05) is 13.0 Å². The van der Waals surface area contributed by atoms with Crippen molar-refractivity contribution in [1.29, 1.82) is 0 Å². The van der Waals surface area contributed by atoms with Gasteiger partial charge in [0, 0.05) is 17.3 Å². The number of rotatable bonds is 4. The third-order valence-corrected chi connectivity index (χ3v) is 4.36. The maximum absolute atomic E-state index is 12.6. The fourth-order valence-electron chi connectivity index (χ4n) is 2.89. The molecule has 126 valence electrons. The summed E-state index contributed by atoms with van der Waals surface area (Å²) in [5, 5.41) is 7.24. The summed E-state index contributed by atoms with van der Waals surface area (Å²) in [7, 11) is 0. The Balaban J connectivity index is 1.74. The quantitative estimate of drug-likeness (QED) is 0.922. The van der Waals surface area contributed by atoms with Gasteiger partial charge >= 0.3 is 0 Å². The molecule has 6 nitrogen and oxygen atoms in total. The van der Waals surface area contributed by atoms with E-state index in [4.69, 9.17) is 16.1 Å². The molecule has 0 unspecified atom stereocenters. The van der Waals surface area contributed by atoms with Crippen LogP contribution in [0.3, 0.4) is 0 Å². The van der Waals surface area contributed by atoms with E-state index in [9.17, 15) is 9.59 Å². The Morgan fingerprint density at radius 2 is 2.29 bits per heavy atom. The van der Waals surface area contributed by atoms with Gasteiger partial charge in [-0.3, -0.25) is 9.59 Å². The van der Waals surface area contributed by atoms with Crippen molar-refractivity contribution in [3.63, 3.8) is 0 Å². The van der Waals surface area contributed by atoms with Crippen LogP contribution >= 0.6 is 11.6 Å². The van der Waals surface area contributed by atoms with Crippen molar-refractivity contribution in [2.24, 2.45) is 0 Å². The molecular formula is C17H18ClN3O3. The zero-order valence-electron chi connectivity index (χ0n) is 13.5. The molecule has 2 heterocycles. The molecule has 1 fully saturated rings. The number of anilines is 1. The number of hydrogen-bond acceptors (Lipinski definition) is 4. The second kappa shape index (κ2) is 6.65. The summed E-state index contributed by atoms with van der Waals surface area (Å²) < 4.78 is 5.08. The zero-order chi connectivity index (χ0) is 17.3. The number of halogens is 1. The molecule has 0 radical (unpaired) electrons. The monoisotopic (exact) mass is 347 g/mol. The number of aryl methyl sites for hydroxylation is 2. The lowest BCUT2D eigenvalue weighted by molar-refractivity contribution is -0.118. The summed E-state index contributed by atoms with van der Waals surface area (Å²) in [6.45, 7) is 4.12. The van der Waals surface area contributed by atoms with E-state index in [-0.39, 0.29) is 11.8 Å². The van der Waals surface area contributed by atoms with Gasteiger partial charge in [0.1, 0.15) is 17.4 Å². The summed E-state index contributed by atoms with van der Waals surface area (Å²) in [4.78, 5) is 26.7. The van der Waals surface area contributed by atoms with Gasteiger partial charge in [0.05, 0.1) is 5.69 Å². The summed E-state index contributed by atoms with van der Waals surface area (Å²) in [5.74, 6) is -0.00356. The minimum Gasteiger partial charge on any atom is -0.361 e. The van der Waals surface area contributed by atoms with E-state index in [0.29, 0.717) is 41.4 Å². The highest BCUT2D eigenvalue weighted by Crippen LogP contribution is 2.25. The minimum absolute atomic E-state index is 0.141. The number of carbonyl (C=O) groups is 2. The summed E-state index contributed by atoms with van der Waals surface area (Å²) in [6.07, 6.45) is 1.14. The van der Waals surface area contributed by atoms with Crippen LogP contribution in [0.1, 0.15) is 35.2 Å². The van der Waals surface area contributed by atoms with Gasteiger partial charge in [0.2, 0.25) is 5.91 Å². The SMILES string of the molecule is CCc1noc(C)c1C(=O)N[C@@H]1CCN(c2cccc(Cl)c2)C1=O. The lowest BCUT2D eigenvalue weighted by Crippen LogP contribution is -2.41. The normalized spacial score (nSPS) is 17.4. The van der Waals surface area contributed by atoms with Crippen LogP contribution < -0.4 is 10.2 Å². The Morgan fingerprint density at radius 1 is 1.50 bits per heavy atom. The molecule has 0 saturated carbocycles. The van der Waals surface area contributed by atoms with E-state index in [0.717, 1.165) is 5.69 Å². The number of nitrogens with one attached hydrogen (secondary N) is 1. The Hall–Kier alpha value is -2.34. The standard InChI is InChI=1S/C17H18ClN3O3/c1-3-13-15(10(2)24-20-13)16(22)19-14-7-8-21(17(14)23)12-6-4-5-11(18)9-12/h4-6,9,14H,3,7-8H2,1-2H3,(H,19,22)/t14-/m1/s1. The molecule has 1 aromatic heterocycles. The van der Waals surface area contributed by atoms with Crippen molar-refractivity contribution in [3.8, 4) is 0 Å². The van der Waals surface area contributed by atoms with Crippen LogP contribution in [0.4, 0.5) is 5.69 Å². The molecule has 0 aliphatic carbocycles. The fourth-order valence-corrected chi connectivity index (χ4v) is 3.08. The highest BCUT2D eigenvalue weighted by molar-refractivity contribution is 6.31. The van der Waals surface area contributed by atoms with Crippen molar-refractivity contribution in [3.05, 3.63) is 46.3 Å². The molecular weight excluding hydrogens is 330 g/mol. The molecule has 7 heteroatoms. The van der Waals surface area contributed by atoms with E-state index in [2.05, 4.69) is 10.5 Å². The van der Waals surface area contributed by atoms with Gasteiger partial charge in [0.15, 0.2) is 0 Å². The van der Waals surface area contributed by atoms with Gasteiger partial charge in [-0.15, -0.1) is 0 Å². The lowest BCUT2D eigenvalue weighted by Gasteiger charge is -2.17. The summed E-state index contributed by atoms with van der Waals surface area (Å²) in [6, 6.07) is 6.56. The summed E-state index contributed by atoms with van der Waals surface area (Å²) >= 11 is 5.98. The van der Waals surface area contributed by atoms with E-state index in [1.54, 1.807) is 30.0 Å². The van der Waals surface area contributed by atoms with Crippen molar-refractivity contribution in [1.82, 2.24) is 10.5 Å². The molecule has 24 heavy (non-hydrogen) atoms. The molecule has 1 aliphatic rings. The average molecular weight is 348 g/mol. The van der Waals surface area contributed by atoms with Crippen LogP contribution in [0.5, 0.6) is 0 Å². The highest BCUT2D eigenvalue weighted by atomic mass is 35.5. The number of nitrogens with zero attached hydrogens (tertiary/aromatic N) is 2. The van der Waals surface area contributed by atoms with Crippen molar-refractivity contribution in [2.75, 3.05) is 11.4 Å². The number of carbonyl (C=O) groups excluding carboxylic acids is 2. The first-order valence-corrected chi connectivity index (χ1v) is 8.22. The third-order valence-electron chi connectivity index (χ3n) is 4.13. The minimum atomic E-state index is -0.560. The second-order valence-electron chi connectivity index (χ2n) is 5.70. The molecule has 1 atom stereocenters.